The van der Waals surface area contributed by atoms with Crippen LogP contribution in [0.5, 0.6) is 0 Å². The van der Waals surface area contributed by atoms with Crippen molar-refractivity contribution < 1.29 is 4.79 Å². The normalized spacial score (nSPS) is 21.3. The van der Waals surface area contributed by atoms with Gasteiger partial charge in [-0.1, -0.05) is 37.5 Å². The molecule has 1 saturated carbocycles. The van der Waals surface area contributed by atoms with Crippen LogP contribution in [-0.2, 0) is 4.79 Å². The molecule has 2 N–H and O–H groups in total. The molecule has 0 radical (unpaired) electrons. The Morgan fingerprint density at radius 3 is 2.70 bits per heavy atom. The quantitative estimate of drug-likeness (QED) is 0.447. The molecule has 2 fully saturated rings. The number of nitrogens with one attached hydrogen (secondary N) is 2. The second-order valence-corrected chi connectivity index (χ2v) is 8.62. The van der Waals surface area contributed by atoms with Crippen molar-refractivity contribution in [2.75, 3.05) is 32.4 Å². The number of carbonyl (C=O) groups excluding carboxylic acids is 1. The Balaban J connectivity index is 1.38. The molecule has 1 aromatic rings. The summed E-state index contributed by atoms with van der Waals surface area (Å²) in [5.41, 5.74) is 0. The van der Waals surface area contributed by atoms with E-state index in [1.54, 1.807) is 7.05 Å². The van der Waals surface area contributed by atoms with E-state index in [1.807, 2.05) is 11.8 Å². The minimum Gasteiger partial charge on any atom is -0.352 e. The molecule has 3 rings (SSSR count). The largest absolute Gasteiger partial charge is 0.352 e. The SMILES string of the molecule is CN=C(NCC(=O)NC1CCCCC1)N1CCC(CSc2ccccc2)C1. The highest BCUT2D eigenvalue weighted by atomic mass is 32.2. The van der Waals surface area contributed by atoms with Gasteiger partial charge in [-0.15, -0.1) is 11.8 Å². The van der Waals surface area contributed by atoms with Crippen LogP contribution >= 0.6 is 11.8 Å². The third-order valence-electron chi connectivity index (χ3n) is 5.40. The summed E-state index contributed by atoms with van der Waals surface area (Å²) in [6.45, 7) is 2.32. The predicted octanol–water partition coefficient (Wildman–Crippen LogP) is 3.12. The van der Waals surface area contributed by atoms with E-state index in [0.717, 1.165) is 37.6 Å². The van der Waals surface area contributed by atoms with Gasteiger partial charge in [0.1, 0.15) is 0 Å². The zero-order chi connectivity index (χ0) is 18.9. The van der Waals surface area contributed by atoms with Gasteiger partial charge >= 0.3 is 0 Å². The van der Waals surface area contributed by atoms with Crippen molar-refractivity contribution in [2.24, 2.45) is 10.9 Å². The summed E-state index contributed by atoms with van der Waals surface area (Å²) in [5, 5.41) is 6.41. The molecule has 1 aliphatic carbocycles. The summed E-state index contributed by atoms with van der Waals surface area (Å²) in [5.74, 6) is 2.71. The average Bonchev–Trinajstić information content (AvgIpc) is 3.17. The Morgan fingerprint density at radius 2 is 1.96 bits per heavy atom. The lowest BCUT2D eigenvalue weighted by Gasteiger charge is -2.24. The van der Waals surface area contributed by atoms with Crippen molar-refractivity contribution in [1.82, 2.24) is 15.5 Å². The number of amides is 1. The highest BCUT2D eigenvalue weighted by Crippen LogP contribution is 2.25. The maximum atomic E-state index is 12.2. The smallest absolute Gasteiger partial charge is 0.239 e. The summed E-state index contributed by atoms with van der Waals surface area (Å²) >= 11 is 1.93. The van der Waals surface area contributed by atoms with E-state index in [4.69, 9.17) is 0 Å². The summed E-state index contributed by atoms with van der Waals surface area (Å²) in [6.07, 6.45) is 7.18. The van der Waals surface area contributed by atoms with Gasteiger partial charge in [-0.25, -0.2) is 0 Å². The lowest BCUT2D eigenvalue weighted by atomic mass is 9.95. The lowest BCUT2D eigenvalue weighted by Crippen LogP contribution is -2.47. The summed E-state index contributed by atoms with van der Waals surface area (Å²) in [7, 11) is 1.80. The first-order chi connectivity index (χ1) is 13.2. The molecule has 1 saturated heterocycles. The van der Waals surface area contributed by atoms with Crippen molar-refractivity contribution in [2.45, 2.75) is 49.5 Å². The third-order valence-corrected chi connectivity index (χ3v) is 6.65. The summed E-state index contributed by atoms with van der Waals surface area (Å²) < 4.78 is 0. The maximum Gasteiger partial charge on any atom is 0.239 e. The van der Waals surface area contributed by atoms with Gasteiger partial charge in [-0.05, 0) is 37.3 Å². The lowest BCUT2D eigenvalue weighted by molar-refractivity contribution is -0.120. The third kappa shape index (κ3) is 6.45. The van der Waals surface area contributed by atoms with Crippen LogP contribution in [0.25, 0.3) is 0 Å². The van der Waals surface area contributed by atoms with Crippen molar-refractivity contribution in [1.29, 1.82) is 0 Å². The van der Waals surface area contributed by atoms with Gasteiger partial charge in [0.15, 0.2) is 5.96 Å². The number of nitrogens with zero attached hydrogens (tertiary/aromatic N) is 2. The highest BCUT2D eigenvalue weighted by molar-refractivity contribution is 7.99. The number of hydrogen-bond acceptors (Lipinski definition) is 3. The zero-order valence-corrected chi connectivity index (χ0v) is 17.1. The molecule has 6 heteroatoms. The topological polar surface area (TPSA) is 56.7 Å². The van der Waals surface area contributed by atoms with Gasteiger partial charge in [0.25, 0.3) is 0 Å². The summed E-state index contributed by atoms with van der Waals surface area (Å²) in [4.78, 5) is 20.2. The second kappa shape index (κ2) is 10.6. The van der Waals surface area contributed by atoms with E-state index in [2.05, 4.69) is 50.9 Å². The number of thioether (sulfide) groups is 1. The van der Waals surface area contributed by atoms with Crippen LogP contribution in [0.1, 0.15) is 38.5 Å². The van der Waals surface area contributed by atoms with Crippen LogP contribution in [0.3, 0.4) is 0 Å². The molecule has 1 unspecified atom stereocenters. The number of benzene rings is 1. The van der Waals surface area contributed by atoms with Crippen LogP contribution in [0.4, 0.5) is 0 Å². The van der Waals surface area contributed by atoms with Crippen LogP contribution in [0.2, 0.25) is 0 Å². The number of hydrogen-bond donors (Lipinski definition) is 2. The van der Waals surface area contributed by atoms with Gasteiger partial charge < -0.3 is 15.5 Å². The Morgan fingerprint density at radius 1 is 1.19 bits per heavy atom. The van der Waals surface area contributed by atoms with Gasteiger partial charge in [0, 0.05) is 36.8 Å². The molecule has 1 amide bonds. The van der Waals surface area contributed by atoms with Gasteiger partial charge in [0.05, 0.1) is 6.54 Å². The Kier molecular flexibility index (Phi) is 7.87. The van der Waals surface area contributed by atoms with Crippen LogP contribution in [0, 0.1) is 5.92 Å². The molecule has 0 spiro atoms. The standard InChI is InChI=1S/C21H32N4OS/c1-22-21(23-14-20(26)24-18-8-4-2-5-9-18)25-13-12-17(15-25)16-27-19-10-6-3-7-11-19/h3,6-7,10-11,17-18H,2,4-5,8-9,12-16H2,1H3,(H,22,23)(H,24,26). The molecule has 27 heavy (non-hydrogen) atoms. The molecule has 1 aliphatic heterocycles. The molecule has 1 aromatic carbocycles. The number of carbonyl (C=O) groups is 1. The molecule has 1 heterocycles. The fourth-order valence-corrected chi connectivity index (χ4v) is 4.96. The van der Waals surface area contributed by atoms with Crippen molar-refractivity contribution in [3.8, 4) is 0 Å². The number of aliphatic imine (C=N–C) groups is 1. The van der Waals surface area contributed by atoms with Crippen LogP contribution < -0.4 is 10.6 Å². The second-order valence-electron chi connectivity index (χ2n) is 7.53. The fraction of sp³-hybridized carbons (Fsp3) is 0.619. The van der Waals surface area contributed by atoms with Crippen molar-refractivity contribution >= 4 is 23.6 Å². The molecular formula is C21H32N4OS. The molecule has 0 bridgehead atoms. The minimum absolute atomic E-state index is 0.0819. The Labute approximate surface area is 167 Å². The number of rotatable bonds is 6. The first kappa shape index (κ1) is 20.1. The van der Waals surface area contributed by atoms with E-state index in [9.17, 15) is 4.79 Å². The van der Waals surface area contributed by atoms with E-state index in [1.165, 1.54) is 30.6 Å². The Hall–Kier alpha value is -1.69. The van der Waals surface area contributed by atoms with Gasteiger partial charge in [0.2, 0.25) is 5.91 Å². The van der Waals surface area contributed by atoms with E-state index >= 15 is 0 Å². The summed E-state index contributed by atoms with van der Waals surface area (Å²) in [6, 6.07) is 10.9. The van der Waals surface area contributed by atoms with Crippen molar-refractivity contribution in [3.63, 3.8) is 0 Å². The molecule has 2 aliphatic rings. The minimum atomic E-state index is 0.0819. The van der Waals surface area contributed by atoms with E-state index in [0.29, 0.717) is 18.5 Å². The first-order valence-corrected chi connectivity index (χ1v) is 11.2. The fourth-order valence-electron chi connectivity index (χ4n) is 3.91. The highest BCUT2D eigenvalue weighted by Gasteiger charge is 2.25. The van der Waals surface area contributed by atoms with Crippen LogP contribution in [0.15, 0.2) is 40.2 Å². The van der Waals surface area contributed by atoms with Gasteiger partial charge in [-0.2, -0.15) is 0 Å². The van der Waals surface area contributed by atoms with E-state index in [-0.39, 0.29) is 5.91 Å². The molecular weight excluding hydrogens is 356 g/mol. The Bertz CT molecular complexity index is 616. The average molecular weight is 389 g/mol. The van der Waals surface area contributed by atoms with Crippen LogP contribution in [-0.4, -0.2) is 55.2 Å². The first-order valence-electron chi connectivity index (χ1n) is 10.2. The monoisotopic (exact) mass is 388 g/mol. The number of guanidine groups is 1. The van der Waals surface area contributed by atoms with Gasteiger partial charge in [-0.3, -0.25) is 9.79 Å². The molecule has 1 atom stereocenters. The maximum absolute atomic E-state index is 12.2. The predicted molar refractivity (Wildman–Crippen MR) is 113 cm³/mol. The molecule has 5 nitrogen and oxygen atoms in total. The van der Waals surface area contributed by atoms with Crippen molar-refractivity contribution in [3.05, 3.63) is 30.3 Å². The zero-order valence-electron chi connectivity index (χ0n) is 16.3. The van der Waals surface area contributed by atoms with E-state index < -0.39 is 0 Å². The molecule has 0 aromatic heterocycles. The number of likely N-dealkylation sites (tertiary alicyclic amines) is 1. The molecule has 148 valence electrons.